The van der Waals surface area contributed by atoms with Crippen molar-refractivity contribution >= 4 is 23.4 Å². The van der Waals surface area contributed by atoms with Gasteiger partial charge in [-0.15, -0.1) is 11.8 Å². The summed E-state index contributed by atoms with van der Waals surface area (Å²) in [5.41, 5.74) is 0.479. The van der Waals surface area contributed by atoms with Crippen LogP contribution in [0.3, 0.4) is 0 Å². The van der Waals surface area contributed by atoms with Crippen LogP contribution in [-0.4, -0.2) is 18.3 Å². The molecule has 0 aliphatic carbocycles. The van der Waals surface area contributed by atoms with Crippen LogP contribution in [0.2, 0.25) is 0 Å². The zero-order valence-corrected chi connectivity index (χ0v) is 12.8. The van der Waals surface area contributed by atoms with Crippen LogP contribution in [0.1, 0.15) is 6.42 Å². The number of benzene rings is 2. The summed E-state index contributed by atoms with van der Waals surface area (Å²) < 4.78 is 41.7. The number of halogens is 3. The molecule has 3 nitrogen and oxygen atoms in total. The summed E-state index contributed by atoms with van der Waals surface area (Å²) in [6, 6.07) is 12.0. The number of anilines is 1. The summed E-state index contributed by atoms with van der Waals surface area (Å²) in [4.78, 5) is 12.3. The van der Waals surface area contributed by atoms with Crippen molar-refractivity contribution in [3.8, 4) is 5.75 Å². The maximum absolute atomic E-state index is 13.4. The van der Waals surface area contributed by atoms with E-state index < -0.39 is 6.61 Å². The quantitative estimate of drug-likeness (QED) is 0.751. The fraction of sp³-hybridized carbons (Fsp3) is 0.188. The Morgan fingerprint density at radius 2 is 1.83 bits per heavy atom. The Kier molecular flexibility index (Phi) is 6.34. The second-order valence-corrected chi connectivity index (χ2v) is 5.62. The minimum absolute atomic E-state index is 0.0214. The third kappa shape index (κ3) is 5.86. The minimum atomic E-state index is -2.88. The normalized spacial score (nSPS) is 10.6. The highest BCUT2D eigenvalue weighted by Gasteiger charge is 2.07. The second-order valence-electron chi connectivity index (χ2n) is 4.48. The van der Waals surface area contributed by atoms with Crippen molar-refractivity contribution in [1.82, 2.24) is 0 Å². The molecule has 0 radical (unpaired) electrons. The summed E-state index contributed by atoms with van der Waals surface area (Å²) in [7, 11) is 0. The van der Waals surface area contributed by atoms with Crippen molar-refractivity contribution in [3.63, 3.8) is 0 Å². The maximum atomic E-state index is 13.4. The van der Waals surface area contributed by atoms with Crippen LogP contribution >= 0.6 is 11.8 Å². The molecule has 122 valence electrons. The van der Waals surface area contributed by atoms with Crippen molar-refractivity contribution in [2.45, 2.75) is 17.9 Å². The average molecular weight is 341 g/mol. The van der Waals surface area contributed by atoms with Gasteiger partial charge in [-0.2, -0.15) is 8.78 Å². The van der Waals surface area contributed by atoms with Crippen LogP contribution < -0.4 is 10.1 Å². The van der Waals surface area contributed by atoms with E-state index in [1.54, 1.807) is 18.2 Å². The van der Waals surface area contributed by atoms with Gasteiger partial charge in [0.15, 0.2) is 0 Å². The van der Waals surface area contributed by atoms with E-state index in [2.05, 4.69) is 10.1 Å². The van der Waals surface area contributed by atoms with Gasteiger partial charge in [-0.1, -0.05) is 12.1 Å². The van der Waals surface area contributed by atoms with Gasteiger partial charge in [0.05, 0.1) is 0 Å². The molecule has 2 rings (SSSR count). The third-order valence-corrected chi connectivity index (χ3v) is 3.84. The third-order valence-electron chi connectivity index (χ3n) is 2.79. The molecule has 0 aliphatic rings. The number of carbonyl (C=O) groups is 1. The van der Waals surface area contributed by atoms with Gasteiger partial charge in [-0.25, -0.2) is 4.39 Å². The first kappa shape index (κ1) is 17.2. The van der Waals surface area contributed by atoms with E-state index >= 15 is 0 Å². The smallest absolute Gasteiger partial charge is 0.387 e. The van der Waals surface area contributed by atoms with E-state index in [4.69, 9.17) is 0 Å². The topological polar surface area (TPSA) is 38.3 Å². The summed E-state index contributed by atoms with van der Waals surface area (Å²) in [6.07, 6.45) is 0.203. The molecule has 1 N–H and O–H groups in total. The molecule has 23 heavy (non-hydrogen) atoms. The Morgan fingerprint density at radius 1 is 1.13 bits per heavy atom. The molecule has 0 saturated heterocycles. The lowest BCUT2D eigenvalue weighted by molar-refractivity contribution is -0.115. The summed E-state index contributed by atoms with van der Waals surface area (Å²) >= 11 is 1.26. The summed E-state index contributed by atoms with van der Waals surface area (Å²) in [5, 5.41) is 2.63. The van der Waals surface area contributed by atoms with Crippen LogP contribution in [0.25, 0.3) is 0 Å². The van der Waals surface area contributed by atoms with Crippen molar-refractivity contribution in [2.24, 2.45) is 0 Å². The van der Waals surface area contributed by atoms with Crippen LogP contribution in [0.5, 0.6) is 5.75 Å². The fourth-order valence-corrected chi connectivity index (χ4v) is 2.65. The molecule has 0 spiro atoms. The SMILES string of the molecule is O=C(CCSc1ccccc1F)Nc1ccc(OC(F)F)cc1. The van der Waals surface area contributed by atoms with Crippen LogP contribution in [0.4, 0.5) is 18.9 Å². The highest BCUT2D eigenvalue weighted by molar-refractivity contribution is 7.99. The lowest BCUT2D eigenvalue weighted by Crippen LogP contribution is -2.12. The monoisotopic (exact) mass is 341 g/mol. The number of rotatable bonds is 7. The van der Waals surface area contributed by atoms with Gasteiger partial charge in [0, 0.05) is 22.8 Å². The molecule has 2 aromatic carbocycles. The van der Waals surface area contributed by atoms with Crippen molar-refractivity contribution < 1.29 is 22.7 Å². The number of hydrogen-bond acceptors (Lipinski definition) is 3. The first-order valence-electron chi connectivity index (χ1n) is 6.76. The molecule has 0 aliphatic heterocycles. The van der Waals surface area contributed by atoms with Gasteiger partial charge in [-0.05, 0) is 36.4 Å². The Balaban J connectivity index is 1.77. The lowest BCUT2D eigenvalue weighted by atomic mass is 10.3. The number of nitrogens with one attached hydrogen (secondary N) is 1. The molecular weight excluding hydrogens is 327 g/mol. The Labute approximate surface area is 135 Å². The molecule has 0 unspecified atom stereocenters. The number of carbonyl (C=O) groups excluding carboxylic acids is 1. The standard InChI is InChI=1S/C16H14F3NO2S/c17-13-3-1-2-4-14(13)23-10-9-15(21)20-11-5-7-12(8-6-11)22-16(18)19/h1-8,16H,9-10H2,(H,20,21). The molecule has 1 amide bonds. The zero-order chi connectivity index (χ0) is 16.7. The molecular formula is C16H14F3NO2S. The first-order chi connectivity index (χ1) is 11.0. The number of amides is 1. The minimum Gasteiger partial charge on any atom is -0.435 e. The fourth-order valence-electron chi connectivity index (χ4n) is 1.76. The average Bonchev–Trinajstić information content (AvgIpc) is 2.51. The first-order valence-corrected chi connectivity index (χ1v) is 7.75. The van der Waals surface area contributed by atoms with Crippen LogP contribution in [0, 0.1) is 5.82 Å². The summed E-state index contributed by atoms with van der Waals surface area (Å²) in [6.45, 7) is -2.88. The lowest BCUT2D eigenvalue weighted by Gasteiger charge is -2.07. The van der Waals surface area contributed by atoms with E-state index in [0.717, 1.165) is 0 Å². The summed E-state index contributed by atoms with van der Waals surface area (Å²) in [5.74, 6) is -0.101. The van der Waals surface area contributed by atoms with E-state index in [0.29, 0.717) is 16.3 Å². The van der Waals surface area contributed by atoms with Crippen molar-refractivity contribution in [3.05, 3.63) is 54.3 Å². The van der Waals surface area contributed by atoms with E-state index in [1.165, 1.54) is 42.1 Å². The number of alkyl halides is 2. The highest BCUT2D eigenvalue weighted by atomic mass is 32.2. The van der Waals surface area contributed by atoms with Crippen molar-refractivity contribution in [2.75, 3.05) is 11.1 Å². The number of hydrogen-bond donors (Lipinski definition) is 1. The Hall–Kier alpha value is -2.15. The number of ether oxygens (including phenoxy) is 1. The molecule has 2 aromatic rings. The van der Waals surface area contributed by atoms with Gasteiger partial charge < -0.3 is 10.1 Å². The zero-order valence-electron chi connectivity index (χ0n) is 12.0. The Bertz CT molecular complexity index is 650. The van der Waals surface area contributed by atoms with E-state index in [9.17, 15) is 18.0 Å². The van der Waals surface area contributed by atoms with Crippen LogP contribution in [-0.2, 0) is 4.79 Å². The van der Waals surface area contributed by atoms with Gasteiger partial charge in [0.2, 0.25) is 5.91 Å². The molecule has 0 atom stereocenters. The van der Waals surface area contributed by atoms with Gasteiger partial charge in [0.1, 0.15) is 11.6 Å². The van der Waals surface area contributed by atoms with E-state index in [-0.39, 0.29) is 23.9 Å². The molecule has 0 saturated carbocycles. The van der Waals surface area contributed by atoms with Gasteiger partial charge in [0.25, 0.3) is 0 Å². The largest absolute Gasteiger partial charge is 0.435 e. The maximum Gasteiger partial charge on any atom is 0.387 e. The molecule has 7 heteroatoms. The molecule has 0 fully saturated rings. The molecule has 0 bridgehead atoms. The number of thioether (sulfide) groups is 1. The predicted octanol–water partition coefficient (Wildman–Crippen LogP) is 4.55. The molecule has 0 heterocycles. The Morgan fingerprint density at radius 3 is 2.48 bits per heavy atom. The van der Waals surface area contributed by atoms with Gasteiger partial charge >= 0.3 is 6.61 Å². The molecule has 0 aromatic heterocycles. The van der Waals surface area contributed by atoms with Gasteiger partial charge in [-0.3, -0.25) is 4.79 Å². The highest BCUT2D eigenvalue weighted by Crippen LogP contribution is 2.22. The predicted molar refractivity (Wildman–Crippen MR) is 83.4 cm³/mol. The second kappa shape index (κ2) is 8.47. The van der Waals surface area contributed by atoms with Crippen LogP contribution in [0.15, 0.2) is 53.4 Å². The van der Waals surface area contributed by atoms with E-state index in [1.807, 2.05) is 0 Å². The van der Waals surface area contributed by atoms with Crippen molar-refractivity contribution in [1.29, 1.82) is 0 Å².